The van der Waals surface area contributed by atoms with Gasteiger partial charge in [-0.25, -0.2) is 0 Å². The van der Waals surface area contributed by atoms with Crippen molar-refractivity contribution in [1.29, 1.82) is 0 Å². The van der Waals surface area contributed by atoms with Crippen molar-refractivity contribution in [3.05, 3.63) is 29.8 Å². The van der Waals surface area contributed by atoms with Crippen LogP contribution in [-0.4, -0.2) is 39.3 Å². The molecule has 1 aliphatic rings. The number of hydrogen-bond donors (Lipinski definition) is 1. The fraction of sp³-hybridized carbons (Fsp3) is 0.471. The number of likely N-dealkylation sites (tertiary alicyclic amines) is 1. The van der Waals surface area contributed by atoms with Crippen LogP contribution in [0.1, 0.15) is 31.7 Å². The number of benzene rings is 1. The van der Waals surface area contributed by atoms with Gasteiger partial charge in [-0.3, -0.25) is 4.79 Å². The Bertz CT molecular complexity index is 703. The molecule has 2 aromatic rings. The van der Waals surface area contributed by atoms with Gasteiger partial charge in [-0.1, -0.05) is 35.2 Å². The first-order valence-electron chi connectivity index (χ1n) is 8.21. The number of rotatable bonds is 5. The molecule has 1 atom stereocenters. The third-order valence-corrected chi connectivity index (χ3v) is 6.08. The monoisotopic (exact) mass is 362 g/mol. The summed E-state index contributed by atoms with van der Waals surface area (Å²) in [7, 11) is 0. The third-order valence-electron chi connectivity index (χ3n) is 4.12. The molecule has 1 amide bonds. The fourth-order valence-corrected chi connectivity index (χ4v) is 4.50. The van der Waals surface area contributed by atoms with E-state index >= 15 is 0 Å². The van der Waals surface area contributed by atoms with E-state index < -0.39 is 0 Å². The topological polar surface area (TPSA) is 58.1 Å². The van der Waals surface area contributed by atoms with Gasteiger partial charge in [-0.2, -0.15) is 0 Å². The van der Waals surface area contributed by atoms with Gasteiger partial charge in [0.1, 0.15) is 0 Å². The highest BCUT2D eigenvalue weighted by Gasteiger charge is 2.23. The lowest BCUT2D eigenvalue weighted by Gasteiger charge is -2.33. The largest absolute Gasteiger partial charge is 0.339 e. The van der Waals surface area contributed by atoms with Crippen LogP contribution in [0.2, 0.25) is 0 Å². The molecule has 7 heteroatoms. The molecule has 0 radical (unpaired) electrons. The third kappa shape index (κ3) is 4.48. The summed E-state index contributed by atoms with van der Waals surface area (Å²) in [4.78, 5) is 14.4. The molecule has 1 N–H and O–H groups in total. The zero-order valence-corrected chi connectivity index (χ0v) is 15.6. The highest BCUT2D eigenvalue weighted by Crippen LogP contribution is 2.28. The molecule has 0 spiro atoms. The molecule has 1 aromatic heterocycles. The van der Waals surface area contributed by atoms with Crippen LogP contribution in [0.4, 0.5) is 10.8 Å². The number of carbonyl (C=O) groups is 1. The van der Waals surface area contributed by atoms with Gasteiger partial charge in [-0.15, -0.1) is 10.2 Å². The highest BCUT2D eigenvalue weighted by atomic mass is 32.2. The summed E-state index contributed by atoms with van der Waals surface area (Å²) in [6, 6.07) is 8.49. The van der Waals surface area contributed by atoms with Gasteiger partial charge in [0.2, 0.25) is 11.0 Å². The van der Waals surface area contributed by atoms with E-state index in [9.17, 15) is 4.79 Å². The van der Waals surface area contributed by atoms with Crippen LogP contribution in [0.15, 0.2) is 28.6 Å². The average Bonchev–Trinajstić information content (AvgIpc) is 3.00. The Morgan fingerprint density at radius 2 is 2.29 bits per heavy atom. The normalized spacial score (nSPS) is 17.8. The van der Waals surface area contributed by atoms with E-state index in [2.05, 4.69) is 41.5 Å². The van der Waals surface area contributed by atoms with Crippen molar-refractivity contribution >= 4 is 39.8 Å². The number of nitrogens with zero attached hydrogens (tertiary/aromatic N) is 3. The van der Waals surface area contributed by atoms with E-state index in [0.717, 1.165) is 34.5 Å². The molecule has 1 aliphatic heterocycles. The number of aromatic nitrogens is 2. The van der Waals surface area contributed by atoms with E-state index in [1.165, 1.54) is 35.1 Å². The summed E-state index contributed by atoms with van der Waals surface area (Å²) in [5, 5.41) is 12.3. The number of anilines is 2. The second kappa shape index (κ2) is 7.98. The van der Waals surface area contributed by atoms with E-state index in [4.69, 9.17) is 0 Å². The molecule has 1 saturated heterocycles. The molecule has 0 aliphatic carbocycles. The van der Waals surface area contributed by atoms with Gasteiger partial charge in [-0.05, 0) is 50.8 Å². The first-order valence-corrected chi connectivity index (χ1v) is 10.0. The van der Waals surface area contributed by atoms with Crippen LogP contribution < -0.4 is 5.32 Å². The van der Waals surface area contributed by atoms with Crippen molar-refractivity contribution in [2.75, 3.05) is 17.6 Å². The number of amides is 1. The minimum Gasteiger partial charge on any atom is -0.339 e. The maximum atomic E-state index is 12.4. The number of piperidine rings is 1. The van der Waals surface area contributed by atoms with Crippen molar-refractivity contribution in [3.8, 4) is 0 Å². The first kappa shape index (κ1) is 17.2. The second-order valence-electron chi connectivity index (χ2n) is 6.09. The molecule has 128 valence electrons. The quantitative estimate of drug-likeness (QED) is 0.812. The number of carbonyl (C=O) groups excluding carboxylic acids is 1. The number of thioether (sulfide) groups is 1. The van der Waals surface area contributed by atoms with Gasteiger partial charge in [0.25, 0.3) is 0 Å². The second-order valence-corrected chi connectivity index (χ2v) is 8.29. The van der Waals surface area contributed by atoms with Crippen molar-refractivity contribution < 1.29 is 4.79 Å². The molecule has 0 bridgehead atoms. The van der Waals surface area contributed by atoms with Gasteiger partial charge < -0.3 is 10.2 Å². The lowest BCUT2D eigenvalue weighted by atomic mass is 10.0. The van der Waals surface area contributed by atoms with Gasteiger partial charge in [0.15, 0.2) is 4.34 Å². The summed E-state index contributed by atoms with van der Waals surface area (Å²) in [5.41, 5.74) is 2.20. The Labute approximate surface area is 150 Å². The predicted molar refractivity (Wildman–Crippen MR) is 100 cm³/mol. The molecule has 2 heterocycles. The van der Waals surface area contributed by atoms with E-state index in [0.29, 0.717) is 11.8 Å². The molecular weight excluding hydrogens is 340 g/mol. The van der Waals surface area contributed by atoms with Crippen molar-refractivity contribution in [2.24, 2.45) is 0 Å². The molecule has 0 saturated carbocycles. The van der Waals surface area contributed by atoms with Crippen LogP contribution in [0.3, 0.4) is 0 Å². The van der Waals surface area contributed by atoms with Gasteiger partial charge in [0, 0.05) is 18.3 Å². The zero-order valence-electron chi connectivity index (χ0n) is 14.0. The van der Waals surface area contributed by atoms with E-state index in [1.807, 2.05) is 17.0 Å². The van der Waals surface area contributed by atoms with Crippen molar-refractivity contribution in [3.63, 3.8) is 0 Å². The fourth-order valence-electron chi connectivity index (χ4n) is 2.84. The predicted octanol–water partition coefficient (Wildman–Crippen LogP) is 4.08. The van der Waals surface area contributed by atoms with Crippen LogP contribution in [0.25, 0.3) is 0 Å². The molecule has 3 rings (SSSR count). The van der Waals surface area contributed by atoms with Crippen LogP contribution >= 0.6 is 23.1 Å². The Balaban J connectivity index is 1.53. The Hall–Kier alpha value is -1.60. The van der Waals surface area contributed by atoms with Crippen LogP contribution in [0, 0.1) is 6.92 Å². The number of nitrogens with one attached hydrogen (secondary N) is 1. The summed E-state index contributed by atoms with van der Waals surface area (Å²) >= 11 is 2.95. The maximum Gasteiger partial charge on any atom is 0.233 e. The van der Waals surface area contributed by atoms with Gasteiger partial charge in [0.05, 0.1) is 5.75 Å². The molecule has 1 unspecified atom stereocenters. The SMILES string of the molecule is Cc1cccc(Nc2nnc(SCC(=O)N3CCCCC3C)s2)c1. The minimum absolute atomic E-state index is 0.204. The first-order chi connectivity index (χ1) is 11.6. The summed E-state index contributed by atoms with van der Waals surface area (Å²) in [6.45, 7) is 5.08. The minimum atomic E-state index is 0.204. The van der Waals surface area contributed by atoms with E-state index in [-0.39, 0.29) is 5.91 Å². The number of aryl methyl sites for hydroxylation is 1. The summed E-state index contributed by atoms with van der Waals surface area (Å²) in [6.07, 6.45) is 3.45. The molecular formula is C17H22N4OS2. The standard InChI is InChI=1S/C17H22N4OS2/c1-12-6-5-8-14(10-12)18-16-19-20-17(24-16)23-11-15(22)21-9-4-3-7-13(21)2/h5-6,8,10,13H,3-4,7,9,11H2,1-2H3,(H,18,19). The zero-order chi connectivity index (χ0) is 16.9. The van der Waals surface area contributed by atoms with Crippen molar-refractivity contribution in [1.82, 2.24) is 15.1 Å². The molecule has 1 fully saturated rings. The smallest absolute Gasteiger partial charge is 0.233 e. The lowest BCUT2D eigenvalue weighted by Crippen LogP contribution is -2.42. The van der Waals surface area contributed by atoms with E-state index in [1.54, 1.807) is 0 Å². The maximum absolute atomic E-state index is 12.4. The van der Waals surface area contributed by atoms with Crippen LogP contribution in [0.5, 0.6) is 0 Å². The van der Waals surface area contributed by atoms with Gasteiger partial charge >= 0.3 is 0 Å². The Morgan fingerprint density at radius 1 is 1.42 bits per heavy atom. The Kier molecular flexibility index (Phi) is 5.73. The summed E-state index contributed by atoms with van der Waals surface area (Å²) in [5.74, 6) is 0.638. The highest BCUT2D eigenvalue weighted by molar-refractivity contribution is 8.01. The number of hydrogen-bond acceptors (Lipinski definition) is 6. The van der Waals surface area contributed by atoms with Crippen LogP contribution in [-0.2, 0) is 4.79 Å². The summed E-state index contributed by atoms with van der Waals surface area (Å²) < 4.78 is 0.822. The molecule has 1 aromatic carbocycles. The average molecular weight is 363 g/mol. The lowest BCUT2D eigenvalue weighted by molar-refractivity contribution is -0.131. The molecule has 24 heavy (non-hydrogen) atoms. The Morgan fingerprint density at radius 3 is 3.08 bits per heavy atom. The van der Waals surface area contributed by atoms with Crippen molar-refractivity contribution in [2.45, 2.75) is 43.5 Å². The molecule has 5 nitrogen and oxygen atoms in total.